The summed E-state index contributed by atoms with van der Waals surface area (Å²) in [6, 6.07) is 1.16. The molecule has 0 radical (unpaired) electrons. The summed E-state index contributed by atoms with van der Waals surface area (Å²) in [6.45, 7) is 2.40. The van der Waals surface area contributed by atoms with Crippen molar-refractivity contribution in [1.82, 2.24) is 4.98 Å². The Labute approximate surface area is 128 Å². The molecule has 1 aromatic rings. The molecule has 0 atom stereocenters. The van der Waals surface area contributed by atoms with Gasteiger partial charge in [0.1, 0.15) is 16.9 Å². The first-order valence-corrected chi connectivity index (χ1v) is 7.41. The van der Waals surface area contributed by atoms with Crippen LogP contribution in [0.3, 0.4) is 0 Å². The summed E-state index contributed by atoms with van der Waals surface area (Å²) in [4.78, 5) is 25.6. The van der Waals surface area contributed by atoms with Crippen LogP contribution in [0.1, 0.15) is 55.8 Å². The van der Waals surface area contributed by atoms with E-state index in [1.807, 2.05) is 0 Å². The molecule has 0 fully saturated rings. The minimum absolute atomic E-state index is 0.0205. The second kappa shape index (κ2) is 9.28. The predicted molar refractivity (Wildman–Crippen MR) is 79.6 cm³/mol. The highest BCUT2D eigenvalue weighted by Crippen LogP contribution is 2.21. The Balaban J connectivity index is 2.45. The highest BCUT2D eigenvalue weighted by Gasteiger charge is 2.22. The minimum Gasteiger partial charge on any atom is -0.462 e. The maximum absolute atomic E-state index is 11.8. The van der Waals surface area contributed by atoms with E-state index in [1.54, 1.807) is 0 Å². The second-order valence-corrected chi connectivity index (χ2v) is 5.07. The van der Waals surface area contributed by atoms with Crippen molar-refractivity contribution in [1.29, 1.82) is 0 Å². The van der Waals surface area contributed by atoms with E-state index < -0.39 is 16.6 Å². The average Bonchev–Trinajstić information content (AvgIpc) is 2.45. The molecule has 1 heterocycles. The number of unbranched alkanes of at least 4 members (excludes halogenated alkanes) is 5. The van der Waals surface area contributed by atoms with Crippen LogP contribution in [0.4, 0.5) is 5.69 Å². The van der Waals surface area contributed by atoms with E-state index in [0.29, 0.717) is 0 Å². The first-order valence-electron chi connectivity index (χ1n) is 7.03. The number of nitro groups is 1. The lowest BCUT2D eigenvalue weighted by atomic mass is 10.1. The fourth-order valence-electron chi connectivity index (χ4n) is 1.86. The molecule has 0 saturated carbocycles. The lowest BCUT2D eigenvalue weighted by Gasteiger charge is -2.05. The van der Waals surface area contributed by atoms with Crippen LogP contribution in [0.2, 0.25) is 5.15 Å². The van der Waals surface area contributed by atoms with Crippen LogP contribution >= 0.6 is 11.6 Å². The van der Waals surface area contributed by atoms with Crippen molar-refractivity contribution in [2.75, 3.05) is 6.61 Å². The number of rotatable bonds is 9. The van der Waals surface area contributed by atoms with Crippen LogP contribution in [0, 0.1) is 10.1 Å². The number of carbonyl (C=O) groups excluding carboxylic acids is 1. The first kappa shape index (κ1) is 17.4. The van der Waals surface area contributed by atoms with Gasteiger partial charge in [-0.2, -0.15) is 0 Å². The molecule has 0 amide bonds. The third-order valence-electron chi connectivity index (χ3n) is 3.00. The molecule has 0 unspecified atom stereocenters. The third kappa shape index (κ3) is 6.08. The molecular weight excluding hydrogens is 296 g/mol. The Morgan fingerprint density at radius 3 is 2.67 bits per heavy atom. The van der Waals surface area contributed by atoms with Crippen LogP contribution in [-0.2, 0) is 4.74 Å². The fourth-order valence-corrected chi connectivity index (χ4v) is 2.01. The van der Waals surface area contributed by atoms with Gasteiger partial charge in [0.05, 0.1) is 11.5 Å². The number of esters is 1. The normalized spacial score (nSPS) is 10.4. The van der Waals surface area contributed by atoms with Gasteiger partial charge in [-0.25, -0.2) is 9.78 Å². The van der Waals surface area contributed by atoms with Gasteiger partial charge in [-0.1, -0.05) is 50.6 Å². The number of pyridine rings is 1. The second-order valence-electron chi connectivity index (χ2n) is 4.68. The van der Waals surface area contributed by atoms with Crippen molar-refractivity contribution < 1.29 is 14.5 Å². The Kier molecular flexibility index (Phi) is 7.68. The van der Waals surface area contributed by atoms with E-state index in [4.69, 9.17) is 16.3 Å². The summed E-state index contributed by atoms with van der Waals surface area (Å²) in [5.74, 6) is -0.737. The van der Waals surface area contributed by atoms with Crippen LogP contribution in [0.5, 0.6) is 0 Å². The quantitative estimate of drug-likeness (QED) is 0.225. The molecule has 0 N–H and O–H groups in total. The number of carbonyl (C=O) groups is 1. The minimum atomic E-state index is -0.737. The maximum atomic E-state index is 11.8. The SMILES string of the molecule is CCCCCCCCOC(=O)c1cc(Cl)ncc1[N+](=O)[O-]. The molecule has 116 valence electrons. The number of hydrogen-bond donors (Lipinski definition) is 0. The van der Waals surface area contributed by atoms with Crippen molar-refractivity contribution in [3.8, 4) is 0 Å². The van der Waals surface area contributed by atoms with Gasteiger partial charge < -0.3 is 4.74 Å². The zero-order valence-electron chi connectivity index (χ0n) is 12.0. The molecule has 0 aromatic carbocycles. The van der Waals surface area contributed by atoms with E-state index in [1.165, 1.54) is 19.3 Å². The van der Waals surface area contributed by atoms with Gasteiger partial charge in [0, 0.05) is 0 Å². The van der Waals surface area contributed by atoms with E-state index in [2.05, 4.69) is 11.9 Å². The van der Waals surface area contributed by atoms with Crippen molar-refractivity contribution in [3.63, 3.8) is 0 Å². The van der Waals surface area contributed by atoms with Gasteiger partial charge in [-0.3, -0.25) is 10.1 Å². The summed E-state index contributed by atoms with van der Waals surface area (Å²) < 4.78 is 5.05. The molecular formula is C14H19ClN2O4. The molecule has 0 spiro atoms. The standard InChI is InChI=1S/C14H19ClN2O4/c1-2-3-4-5-6-7-8-21-14(18)11-9-13(15)16-10-12(11)17(19)20/h9-10H,2-8H2,1H3. The fraction of sp³-hybridized carbons (Fsp3) is 0.571. The van der Waals surface area contributed by atoms with Crippen LogP contribution in [0.15, 0.2) is 12.3 Å². The van der Waals surface area contributed by atoms with Gasteiger partial charge in [0.2, 0.25) is 0 Å². The van der Waals surface area contributed by atoms with Crippen LogP contribution in [0.25, 0.3) is 0 Å². The molecule has 21 heavy (non-hydrogen) atoms. The number of halogens is 1. The Hall–Kier alpha value is -1.69. The van der Waals surface area contributed by atoms with E-state index in [-0.39, 0.29) is 17.3 Å². The van der Waals surface area contributed by atoms with Crippen molar-refractivity contribution in [2.45, 2.75) is 45.4 Å². The summed E-state index contributed by atoms with van der Waals surface area (Å²) in [6.07, 6.45) is 7.36. The highest BCUT2D eigenvalue weighted by molar-refractivity contribution is 6.29. The number of hydrogen-bond acceptors (Lipinski definition) is 5. The largest absolute Gasteiger partial charge is 0.462 e. The van der Waals surface area contributed by atoms with Gasteiger partial charge in [0.15, 0.2) is 0 Å². The smallest absolute Gasteiger partial charge is 0.345 e. The summed E-state index contributed by atoms with van der Waals surface area (Å²) in [5, 5.41) is 10.8. The Morgan fingerprint density at radius 2 is 2.00 bits per heavy atom. The summed E-state index contributed by atoms with van der Waals surface area (Å²) in [7, 11) is 0. The Bertz CT molecular complexity index is 494. The van der Waals surface area contributed by atoms with Crippen LogP contribution in [-0.4, -0.2) is 22.5 Å². The van der Waals surface area contributed by atoms with Crippen molar-refractivity contribution in [2.24, 2.45) is 0 Å². The molecule has 7 heteroatoms. The summed E-state index contributed by atoms with van der Waals surface area (Å²) >= 11 is 5.66. The number of ether oxygens (including phenoxy) is 1. The molecule has 0 aliphatic heterocycles. The monoisotopic (exact) mass is 314 g/mol. The zero-order chi connectivity index (χ0) is 15.7. The van der Waals surface area contributed by atoms with E-state index in [0.717, 1.165) is 31.5 Å². The van der Waals surface area contributed by atoms with Gasteiger partial charge in [-0.05, 0) is 12.5 Å². The average molecular weight is 315 g/mol. The molecule has 0 saturated heterocycles. The predicted octanol–water partition coefficient (Wildman–Crippen LogP) is 4.16. The lowest BCUT2D eigenvalue weighted by Crippen LogP contribution is -2.09. The van der Waals surface area contributed by atoms with Gasteiger partial charge in [0.25, 0.3) is 0 Å². The zero-order valence-corrected chi connectivity index (χ0v) is 12.8. The van der Waals surface area contributed by atoms with Gasteiger partial charge >= 0.3 is 11.7 Å². The maximum Gasteiger partial charge on any atom is 0.345 e. The molecule has 1 rings (SSSR count). The number of nitrogens with zero attached hydrogens (tertiary/aromatic N) is 2. The highest BCUT2D eigenvalue weighted by atomic mass is 35.5. The summed E-state index contributed by atoms with van der Waals surface area (Å²) in [5.41, 5.74) is -0.557. The first-order chi connectivity index (χ1) is 10.1. The van der Waals surface area contributed by atoms with E-state index in [9.17, 15) is 14.9 Å². The molecule has 6 nitrogen and oxygen atoms in total. The number of aromatic nitrogens is 1. The van der Waals surface area contributed by atoms with Crippen LogP contribution < -0.4 is 0 Å². The molecule has 0 bridgehead atoms. The van der Waals surface area contributed by atoms with Gasteiger partial charge in [-0.15, -0.1) is 0 Å². The third-order valence-corrected chi connectivity index (χ3v) is 3.20. The molecule has 0 aliphatic carbocycles. The Morgan fingerprint density at radius 1 is 1.33 bits per heavy atom. The molecule has 1 aromatic heterocycles. The van der Waals surface area contributed by atoms with Crippen molar-refractivity contribution in [3.05, 3.63) is 33.1 Å². The molecule has 0 aliphatic rings. The lowest BCUT2D eigenvalue weighted by molar-refractivity contribution is -0.385. The topological polar surface area (TPSA) is 82.3 Å². The van der Waals surface area contributed by atoms with E-state index >= 15 is 0 Å². The van der Waals surface area contributed by atoms with Crippen molar-refractivity contribution >= 4 is 23.3 Å².